The fraction of sp³-hybridized carbons (Fsp3) is 0.533. The Morgan fingerprint density at radius 2 is 2.23 bits per heavy atom. The maximum absolute atomic E-state index is 12.2. The molecule has 7 heteroatoms. The SMILES string of the molecule is Cc1nnc(NC(=O)c2cc([C@@H]3CC3NC3CCC3)cs2)s1. The fourth-order valence-electron chi connectivity index (χ4n) is 2.80. The van der Waals surface area contributed by atoms with Crippen LogP contribution in [-0.4, -0.2) is 28.2 Å². The van der Waals surface area contributed by atoms with Crippen LogP contribution >= 0.6 is 22.7 Å². The second-order valence-electron chi connectivity index (χ2n) is 6.07. The van der Waals surface area contributed by atoms with Gasteiger partial charge >= 0.3 is 0 Å². The molecule has 2 aliphatic carbocycles. The molecule has 0 spiro atoms. The Balaban J connectivity index is 1.36. The molecular weight excluding hydrogens is 316 g/mol. The van der Waals surface area contributed by atoms with Crippen LogP contribution in [0.5, 0.6) is 0 Å². The van der Waals surface area contributed by atoms with Gasteiger partial charge in [0.2, 0.25) is 5.13 Å². The van der Waals surface area contributed by atoms with Gasteiger partial charge in [-0.05, 0) is 43.2 Å². The molecule has 2 saturated carbocycles. The van der Waals surface area contributed by atoms with Crippen molar-refractivity contribution in [3.8, 4) is 0 Å². The molecular formula is C15H18N4OS2. The number of rotatable bonds is 5. The predicted molar refractivity (Wildman–Crippen MR) is 88.8 cm³/mol. The molecule has 5 nitrogen and oxygen atoms in total. The second-order valence-corrected chi connectivity index (χ2v) is 8.16. The Hall–Kier alpha value is -1.31. The number of carbonyl (C=O) groups excluding carboxylic acids is 1. The van der Waals surface area contributed by atoms with E-state index in [1.165, 1.54) is 53.9 Å². The summed E-state index contributed by atoms with van der Waals surface area (Å²) in [5, 5.41) is 17.9. The highest BCUT2D eigenvalue weighted by Crippen LogP contribution is 2.43. The number of thiophene rings is 1. The van der Waals surface area contributed by atoms with Crippen molar-refractivity contribution in [1.82, 2.24) is 15.5 Å². The minimum Gasteiger partial charge on any atom is -0.311 e. The van der Waals surface area contributed by atoms with E-state index in [0.29, 0.717) is 17.1 Å². The molecule has 0 aromatic carbocycles. The largest absolute Gasteiger partial charge is 0.311 e. The average Bonchev–Trinajstić information content (AvgIpc) is 2.84. The van der Waals surface area contributed by atoms with Gasteiger partial charge in [0, 0.05) is 18.0 Å². The van der Waals surface area contributed by atoms with Crippen LogP contribution in [0, 0.1) is 6.92 Å². The van der Waals surface area contributed by atoms with Crippen molar-refractivity contribution >= 4 is 33.7 Å². The highest BCUT2D eigenvalue weighted by Gasteiger charge is 2.40. The number of nitrogens with zero attached hydrogens (tertiary/aromatic N) is 2. The molecule has 0 saturated heterocycles. The number of hydrogen-bond donors (Lipinski definition) is 2. The molecule has 2 aromatic heterocycles. The highest BCUT2D eigenvalue weighted by atomic mass is 32.1. The Morgan fingerprint density at radius 1 is 1.36 bits per heavy atom. The van der Waals surface area contributed by atoms with E-state index in [1.54, 1.807) is 0 Å². The number of aryl methyl sites for hydroxylation is 1. The van der Waals surface area contributed by atoms with Gasteiger partial charge in [0.05, 0.1) is 4.88 Å². The standard InChI is InChI=1S/C15H18N4OS2/c1-8-18-19-15(22-8)17-14(20)13-5-9(7-21-13)11-6-12(11)16-10-3-2-4-10/h5,7,10-12,16H,2-4,6H2,1H3,(H,17,19,20)/t11-,12?/m0/s1. The molecule has 2 aromatic rings. The van der Waals surface area contributed by atoms with E-state index in [2.05, 4.69) is 26.2 Å². The summed E-state index contributed by atoms with van der Waals surface area (Å²) in [6.07, 6.45) is 5.20. The minimum absolute atomic E-state index is 0.0865. The zero-order chi connectivity index (χ0) is 15.1. The van der Waals surface area contributed by atoms with E-state index in [9.17, 15) is 4.79 Å². The normalized spacial score (nSPS) is 24.0. The molecule has 0 bridgehead atoms. The third-order valence-corrected chi connectivity index (χ3v) is 6.06. The summed E-state index contributed by atoms with van der Waals surface area (Å²) in [5.74, 6) is 0.499. The fourth-order valence-corrected chi connectivity index (χ4v) is 4.25. The second kappa shape index (κ2) is 5.72. The third-order valence-electron chi connectivity index (χ3n) is 4.36. The first-order valence-electron chi connectivity index (χ1n) is 7.65. The van der Waals surface area contributed by atoms with Crippen LogP contribution in [0.25, 0.3) is 0 Å². The molecule has 2 aliphatic rings. The maximum atomic E-state index is 12.2. The van der Waals surface area contributed by atoms with Crippen LogP contribution in [0.4, 0.5) is 5.13 Å². The van der Waals surface area contributed by atoms with Gasteiger partial charge in [-0.15, -0.1) is 21.5 Å². The first kappa shape index (κ1) is 14.3. The lowest BCUT2D eigenvalue weighted by molar-refractivity contribution is 0.103. The lowest BCUT2D eigenvalue weighted by atomic mass is 9.93. The smallest absolute Gasteiger partial charge is 0.267 e. The van der Waals surface area contributed by atoms with Crippen LogP contribution in [0.15, 0.2) is 11.4 Å². The van der Waals surface area contributed by atoms with Gasteiger partial charge in [0.1, 0.15) is 5.01 Å². The monoisotopic (exact) mass is 334 g/mol. The molecule has 4 rings (SSSR count). The Kier molecular flexibility index (Phi) is 3.71. The lowest BCUT2D eigenvalue weighted by Gasteiger charge is -2.26. The third kappa shape index (κ3) is 2.93. The van der Waals surface area contributed by atoms with Crippen LogP contribution in [0.2, 0.25) is 0 Å². The van der Waals surface area contributed by atoms with Crippen LogP contribution in [0.3, 0.4) is 0 Å². The number of anilines is 1. The molecule has 1 amide bonds. The van der Waals surface area contributed by atoms with Crippen molar-refractivity contribution in [2.75, 3.05) is 5.32 Å². The van der Waals surface area contributed by atoms with Crippen LogP contribution < -0.4 is 10.6 Å². The zero-order valence-corrected chi connectivity index (χ0v) is 14.0. The summed E-state index contributed by atoms with van der Waals surface area (Å²) < 4.78 is 0. The van der Waals surface area contributed by atoms with Crippen molar-refractivity contribution in [2.45, 2.75) is 50.6 Å². The van der Waals surface area contributed by atoms with Gasteiger partial charge in [-0.3, -0.25) is 10.1 Å². The number of nitrogens with one attached hydrogen (secondary N) is 2. The number of hydrogen-bond acceptors (Lipinski definition) is 6. The summed E-state index contributed by atoms with van der Waals surface area (Å²) >= 11 is 2.90. The van der Waals surface area contributed by atoms with Gasteiger partial charge in [0.15, 0.2) is 0 Å². The Bertz CT molecular complexity index is 691. The van der Waals surface area contributed by atoms with Gasteiger partial charge < -0.3 is 5.32 Å². The van der Waals surface area contributed by atoms with Crippen LogP contribution in [0.1, 0.15) is 51.8 Å². The average molecular weight is 334 g/mol. The van der Waals surface area contributed by atoms with Crippen molar-refractivity contribution in [3.05, 3.63) is 26.9 Å². The van der Waals surface area contributed by atoms with E-state index in [0.717, 1.165) is 15.9 Å². The van der Waals surface area contributed by atoms with E-state index >= 15 is 0 Å². The molecule has 2 heterocycles. The van der Waals surface area contributed by atoms with Crippen molar-refractivity contribution in [3.63, 3.8) is 0 Å². The summed E-state index contributed by atoms with van der Waals surface area (Å²) in [4.78, 5) is 13.0. The Labute approximate surface area is 137 Å². The van der Waals surface area contributed by atoms with Gasteiger partial charge in [-0.2, -0.15) is 0 Å². The molecule has 0 aliphatic heterocycles. The molecule has 2 atom stereocenters. The van der Waals surface area contributed by atoms with E-state index < -0.39 is 0 Å². The maximum Gasteiger partial charge on any atom is 0.267 e. The highest BCUT2D eigenvalue weighted by molar-refractivity contribution is 7.15. The van der Waals surface area contributed by atoms with Gasteiger partial charge in [0.25, 0.3) is 5.91 Å². The van der Waals surface area contributed by atoms with Crippen molar-refractivity contribution < 1.29 is 4.79 Å². The van der Waals surface area contributed by atoms with E-state index in [-0.39, 0.29) is 5.91 Å². The number of amides is 1. The summed E-state index contributed by atoms with van der Waals surface area (Å²) in [7, 11) is 0. The molecule has 2 fully saturated rings. The first-order valence-corrected chi connectivity index (χ1v) is 9.34. The number of carbonyl (C=O) groups is 1. The van der Waals surface area contributed by atoms with Crippen molar-refractivity contribution in [2.24, 2.45) is 0 Å². The Morgan fingerprint density at radius 3 is 2.91 bits per heavy atom. The van der Waals surface area contributed by atoms with E-state index in [4.69, 9.17) is 0 Å². The van der Waals surface area contributed by atoms with E-state index in [1.807, 2.05) is 13.0 Å². The summed E-state index contributed by atoms with van der Waals surface area (Å²) in [6.45, 7) is 1.87. The molecule has 22 heavy (non-hydrogen) atoms. The van der Waals surface area contributed by atoms with Crippen LogP contribution in [-0.2, 0) is 0 Å². The minimum atomic E-state index is -0.0865. The molecule has 0 radical (unpaired) electrons. The van der Waals surface area contributed by atoms with Crippen molar-refractivity contribution in [1.29, 1.82) is 0 Å². The molecule has 2 N–H and O–H groups in total. The lowest BCUT2D eigenvalue weighted by Crippen LogP contribution is -2.37. The van der Waals surface area contributed by atoms with Gasteiger partial charge in [-0.25, -0.2) is 0 Å². The summed E-state index contributed by atoms with van der Waals surface area (Å²) in [5.41, 5.74) is 1.29. The number of aromatic nitrogens is 2. The summed E-state index contributed by atoms with van der Waals surface area (Å²) in [6, 6.07) is 3.37. The molecule has 1 unspecified atom stereocenters. The quantitative estimate of drug-likeness (QED) is 0.881. The topological polar surface area (TPSA) is 66.9 Å². The first-order chi connectivity index (χ1) is 10.7. The zero-order valence-electron chi connectivity index (χ0n) is 12.3. The van der Waals surface area contributed by atoms with Gasteiger partial charge in [-0.1, -0.05) is 17.8 Å². The predicted octanol–water partition coefficient (Wildman–Crippen LogP) is 3.16. The molecule has 116 valence electrons.